The summed E-state index contributed by atoms with van der Waals surface area (Å²) < 4.78 is 68.1. The predicted molar refractivity (Wildman–Crippen MR) is 276 cm³/mol. The Kier molecular flexibility index (Phi) is 16.8. The van der Waals surface area contributed by atoms with Crippen molar-refractivity contribution in [3.63, 3.8) is 0 Å². The van der Waals surface area contributed by atoms with Gasteiger partial charge in [-0.15, -0.1) is 0 Å². The first-order valence-corrected chi connectivity index (χ1v) is 32.0. The maximum absolute atomic E-state index is 14.6. The summed E-state index contributed by atoms with van der Waals surface area (Å²) in [6.07, 6.45) is -0.364. The van der Waals surface area contributed by atoms with Crippen molar-refractivity contribution in [1.29, 1.82) is 0 Å². The molecule has 2 aromatic carbocycles. The number of ether oxygens (including phenoxy) is 8. The minimum Gasteiger partial charge on any atom is -0.411 e. The van der Waals surface area contributed by atoms with Crippen LogP contribution in [0, 0.1) is 0 Å². The number of rotatable bonds is 17. The lowest BCUT2D eigenvalue weighted by Gasteiger charge is -2.56. The van der Waals surface area contributed by atoms with Gasteiger partial charge >= 0.3 is 0 Å². The molecule has 12 atom stereocenters. The first-order valence-electron chi connectivity index (χ1n) is 26.2. The van der Waals surface area contributed by atoms with E-state index in [1.54, 1.807) is 0 Å². The molecule has 0 N–H and O–H groups in total. The highest BCUT2D eigenvalue weighted by molar-refractivity contribution is 6.74. The summed E-state index contributed by atoms with van der Waals surface area (Å²) in [5.41, 5.74) is 0.0680. The molecule has 0 aliphatic carbocycles. The summed E-state index contributed by atoms with van der Waals surface area (Å²) in [7, 11) is -4.80. The zero-order valence-electron chi connectivity index (χ0n) is 45.4. The average molecular weight is 1010 g/mol. The fraction of sp³-hybridized carbons (Fsp3) is 0.750. The van der Waals surface area contributed by atoms with Crippen LogP contribution in [0.5, 0.6) is 0 Å². The zero-order chi connectivity index (χ0) is 51.1. The molecule has 0 spiro atoms. The third-order valence-corrected chi connectivity index (χ3v) is 26.0. The molecule has 5 aliphatic rings. The van der Waals surface area contributed by atoms with E-state index in [1.165, 1.54) is 0 Å². The van der Waals surface area contributed by atoms with Gasteiger partial charge in [-0.1, -0.05) is 102 Å². The fourth-order valence-electron chi connectivity index (χ4n) is 10.4. The molecule has 2 aromatic rings. The second-order valence-electron chi connectivity index (χ2n) is 25.3. The number of carbonyl (C=O) groups is 2. The largest absolute Gasteiger partial charge is 0.411 e. The van der Waals surface area contributed by atoms with Crippen molar-refractivity contribution >= 4 is 28.2 Å². The van der Waals surface area contributed by atoms with E-state index in [9.17, 15) is 9.59 Å². The molecule has 70 heavy (non-hydrogen) atoms. The van der Waals surface area contributed by atoms with Gasteiger partial charge in [0.2, 0.25) is 11.6 Å². The molecule has 12 nitrogen and oxygen atoms in total. The van der Waals surface area contributed by atoms with Gasteiger partial charge in [-0.25, -0.2) is 0 Å². The summed E-state index contributed by atoms with van der Waals surface area (Å²) in [6.45, 7) is 34.0. The minimum absolute atomic E-state index is 0.104. The lowest BCUT2D eigenvalue weighted by Crippen LogP contribution is -2.67. The molecule has 14 heteroatoms. The highest BCUT2D eigenvalue weighted by Gasteiger charge is 2.60. The van der Waals surface area contributed by atoms with E-state index in [0.29, 0.717) is 65.0 Å². The zero-order valence-corrected chi connectivity index (χ0v) is 47.4. The standard InChI is InChI=1S/C56H88O12Si2/c1-51(2,3)69(12,13)66-46-32-44-42(26-27-55(10)49(63-44)34-50-56(11,68-55)37-61-53(7,8)65-50)62-43(46)30-40(57)41(58)31-45-47(67-70(14,15)52(4,5)6)33-48(60-36-39-24-20-17-21-25-39)54(9,64-45)28-29-59-35-38-22-18-16-19-23-38/h16-25,42-50H,26-37H2,1-15H3/t42-,43+,44+,45-,46-,47+,48-,49-,50+,54+,55+,56-/m0/s1. The smallest absolute Gasteiger partial charge is 0.201 e. The number of Topliss-reactive ketones (excluding diaryl/α,β-unsaturated/α-hetero) is 2. The molecule has 5 fully saturated rings. The Morgan fingerprint density at radius 3 is 1.80 bits per heavy atom. The topological polar surface area (TPSA) is 126 Å². The first kappa shape index (κ1) is 55.6. The summed E-state index contributed by atoms with van der Waals surface area (Å²) >= 11 is 0. The number of ketones is 2. The van der Waals surface area contributed by atoms with Crippen LogP contribution in [0.3, 0.4) is 0 Å². The summed E-state index contributed by atoms with van der Waals surface area (Å²) in [5.74, 6) is -1.71. The van der Waals surface area contributed by atoms with Crippen molar-refractivity contribution in [3.05, 3.63) is 71.8 Å². The summed E-state index contributed by atoms with van der Waals surface area (Å²) in [6, 6.07) is 20.2. The van der Waals surface area contributed by atoms with E-state index >= 15 is 0 Å². The molecule has 0 radical (unpaired) electrons. The Morgan fingerprint density at radius 2 is 1.21 bits per heavy atom. The first-order chi connectivity index (χ1) is 32.5. The number of fused-ring (bicyclic) bond motifs is 3. The second kappa shape index (κ2) is 21.2. The van der Waals surface area contributed by atoms with Crippen LogP contribution in [0.25, 0.3) is 0 Å². The van der Waals surface area contributed by atoms with Gasteiger partial charge in [-0.2, -0.15) is 0 Å². The highest BCUT2D eigenvalue weighted by Crippen LogP contribution is 2.50. The van der Waals surface area contributed by atoms with Gasteiger partial charge in [0, 0.05) is 45.1 Å². The number of benzene rings is 2. The molecule has 0 amide bonds. The minimum atomic E-state index is -2.41. The highest BCUT2D eigenvalue weighted by atomic mass is 28.4. The van der Waals surface area contributed by atoms with Crippen LogP contribution in [0.4, 0.5) is 0 Å². The molecule has 5 aliphatic heterocycles. The van der Waals surface area contributed by atoms with Gasteiger partial charge in [0.15, 0.2) is 22.4 Å². The van der Waals surface area contributed by atoms with E-state index < -0.39 is 75.2 Å². The molecule has 7 rings (SSSR count). The quantitative estimate of drug-likeness (QED) is 0.0850. The maximum Gasteiger partial charge on any atom is 0.201 e. The molecular weight excluding hydrogens is 921 g/mol. The lowest BCUT2D eigenvalue weighted by molar-refractivity contribution is -0.385. The van der Waals surface area contributed by atoms with Gasteiger partial charge in [-0.05, 0) is 94.9 Å². The third kappa shape index (κ3) is 13.0. The lowest BCUT2D eigenvalue weighted by atomic mass is 9.79. The summed E-state index contributed by atoms with van der Waals surface area (Å²) in [5, 5.41) is -0.219. The van der Waals surface area contributed by atoms with Crippen molar-refractivity contribution in [2.75, 3.05) is 13.2 Å². The summed E-state index contributed by atoms with van der Waals surface area (Å²) in [4.78, 5) is 29.2. The SMILES string of the molecule is CC1(C)OC[C@]2(C)O[C@]3(C)CC[C@@H]4O[C@H](CC(=O)C(=O)C[C@@H]5O[C@](C)(CCOCc6ccccc6)[C@@H](OCc6ccccc6)C[C@H]5O[Si](C)(C)C(C)(C)C)[C@@H](O[Si](C)(C)C(C)(C)C)C[C@H]4O[C@H]3C[C@H]2O1. The van der Waals surface area contributed by atoms with Gasteiger partial charge in [0.25, 0.3) is 0 Å². The molecule has 0 saturated carbocycles. The van der Waals surface area contributed by atoms with Crippen molar-refractivity contribution in [2.45, 2.75) is 255 Å². The van der Waals surface area contributed by atoms with Crippen molar-refractivity contribution in [2.24, 2.45) is 0 Å². The molecule has 0 bridgehead atoms. The van der Waals surface area contributed by atoms with Crippen molar-refractivity contribution in [1.82, 2.24) is 0 Å². The van der Waals surface area contributed by atoms with Crippen molar-refractivity contribution < 1.29 is 56.3 Å². The molecule has 392 valence electrons. The monoisotopic (exact) mass is 1010 g/mol. The number of hydrogen-bond donors (Lipinski definition) is 0. The normalized spacial score (nSPS) is 34.9. The van der Waals surface area contributed by atoms with Gasteiger partial charge in [0.05, 0.1) is 86.0 Å². The van der Waals surface area contributed by atoms with Crippen molar-refractivity contribution in [3.8, 4) is 0 Å². The predicted octanol–water partition coefficient (Wildman–Crippen LogP) is 11.2. The van der Waals surface area contributed by atoms with Crippen LogP contribution in [0.15, 0.2) is 60.7 Å². The Hall–Kier alpha value is -2.19. The molecule has 0 aromatic heterocycles. The van der Waals surface area contributed by atoms with Crippen LogP contribution in [0.2, 0.25) is 36.3 Å². The van der Waals surface area contributed by atoms with E-state index in [2.05, 4.69) is 101 Å². The Bertz CT molecular complexity index is 2070. The maximum atomic E-state index is 14.6. The van der Waals surface area contributed by atoms with Crippen LogP contribution in [-0.2, 0) is 69.5 Å². The molecule has 5 heterocycles. The Labute approximate surface area is 422 Å². The van der Waals surface area contributed by atoms with E-state index in [-0.39, 0.29) is 53.4 Å². The van der Waals surface area contributed by atoms with E-state index in [0.717, 1.165) is 11.1 Å². The molecule has 5 saturated heterocycles. The Morgan fingerprint density at radius 1 is 0.657 bits per heavy atom. The van der Waals surface area contributed by atoms with Crippen LogP contribution in [-0.4, -0.2) is 119 Å². The van der Waals surface area contributed by atoms with Gasteiger partial charge in [-0.3, -0.25) is 9.59 Å². The average Bonchev–Trinajstić information content (AvgIpc) is 3.39. The number of carbonyl (C=O) groups excluding carboxylic acids is 2. The fourth-order valence-corrected chi connectivity index (χ4v) is 13.1. The molecule has 0 unspecified atom stereocenters. The Balaban J connectivity index is 1.11. The van der Waals surface area contributed by atoms with Gasteiger partial charge in [0.1, 0.15) is 5.60 Å². The van der Waals surface area contributed by atoms with Gasteiger partial charge < -0.3 is 46.7 Å². The molecular formula is C56H88O12Si2. The van der Waals surface area contributed by atoms with Crippen LogP contribution in [0.1, 0.15) is 139 Å². The second-order valence-corrected chi connectivity index (χ2v) is 34.8. The van der Waals surface area contributed by atoms with E-state index in [4.69, 9.17) is 46.7 Å². The van der Waals surface area contributed by atoms with E-state index in [1.807, 2.05) is 62.4 Å². The third-order valence-electron chi connectivity index (χ3n) is 17.0. The number of hydrogen-bond acceptors (Lipinski definition) is 12. The van der Waals surface area contributed by atoms with Crippen LogP contribution >= 0.6 is 0 Å². The van der Waals surface area contributed by atoms with Crippen LogP contribution < -0.4 is 0 Å².